The van der Waals surface area contributed by atoms with Gasteiger partial charge in [0.05, 0.1) is 25.7 Å². The Balaban J connectivity index is 0.000000569. The van der Waals surface area contributed by atoms with Gasteiger partial charge in [0, 0.05) is 0 Å². The van der Waals surface area contributed by atoms with Crippen LogP contribution in [0.25, 0.3) is 22.3 Å². The fraction of sp³-hybridized carbons (Fsp3) is 0.214. The van der Waals surface area contributed by atoms with Gasteiger partial charge in [-0.25, -0.2) is 0 Å². The number of para-hydroxylation sites is 2. The monoisotopic (exact) mass is 558 g/mol. The molecule has 4 rings (SSSR count). The van der Waals surface area contributed by atoms with Gasteiger partial charge in [-0.05, 0) is 0 Å². The van der Waals surface area contributed by atoms with Crippen molar-refractivity contribution in [3.8, 4) is 33.8 Å². The Bertz CT molecular complexity index is 1000. The predicted octanol–water partition coefficient (Wildman–Crippen LogP) is 1.40. The summed E-state index contributed by atoms with van der Waals surface area (Å²) in [6.45, 7) is 8.53. The first-order valence-corrected chi connectivity index (χ1v) is 10.2. The SMILES string of the molecule is COc1ccccc1-[c-]1cc(C)c(C)c1.COc1ccccc1-[c-]1cc(C)c(C)c1.[Cl-].[Cl-].[Zr+4]. The zero-order valence-electron chi connectivity index (χ0n) is 20.0. The largest absolute Gasteiger partial charge is 4.00 e. The normalized spacial score (nSPS) is 9.39. The quantitative estimate of drug-likeness (QED) is 0.352. The van der Waals surface area contributed by atoms with Gasteiger partial charge in [0.1, 0.15) is 0 Å². The van der Waals surface area contributed by atoms with Gasteiger partial charge in [-0.2, -0.15) is 0 Å². The molecule has 33 heavy (non-hydrogen) atoms. The third-order valence-corrected chi connectivity index (χ3v) is 5.57. The van der Waals surface area contributed by atoms with Crippen molar-refractivity contribution in [3.63, 3.8) is 0 Å². The Morgan fingerprint density at radius 3 is 1.06 bits per heavy atom. The average molecular weight is 561 g/mol. The summed E-state index contributed by atoms with van der Waals surface area (Å²) in [4.78, 5) is 0. The molecule has 4 aromatic rings. The molecule has 0 aromatic heterocycles. The third-order valence-electron chi connectivity index (χ3n) is 5.57. The van der Waals surface area contributed by atoms with Crippen molar-refractivity contribution in [2.24, 2.45) is 0 Å². The Kier molecular flexibility index (Phi) is 13.7. The number of rotatable bonds is 4. The number of ether oxygens (including phenoxy) is 2. The van der Waals surface area contributed by atoms with E-state index in [-0.39, 0.29) is 51.0 Å². The van der Waals surface area contributed by atoms with Crippen LogP contribution in [0.2, 0.25) is 0 Å². The molecule has 0 saturated heterocycles. The van der Waals surface area contributed by atoms with E-state index in [1.165, 1.54) is 33.4 Å². The standard InChI is InChI=1S/2C14H15O.2ClH.Zr/c2*1-10-8-12(9-11(10)2)13-6-4-5-7-14(13)15-3;;;/h2*4-9H,1-3H3;2*1H;/q2*-1;;;+4/p-2. The number of hydrogen-bond donors (Lipinski definition) is 0. The average Bonchev–Trinajstić information content (AvgIpc) is 3.29. The van der Waals surface area contributed by atoms with Gasteiger partial charge in [-0.1, -0.05) is 86.3 Å². The molecule has 0 aliphatic rings. The second-order valence-corrected chi connectivity index (χ2v) is 7.62. The summed E-state index contributed by atoms with van der Waals surface area (Å²) >= 11 is 0. The molecule has 0 unspecified atom stereocenters. The molecule has 0 amide bonds. The van der Waals surface area contributed by atoms with Gasteiger partial charge in [-0.3, -0.25) is 0 Å². The van der Waals surface area contributed by atoms with Crippen LogP contribution in [0.1, 0.15) is 22.3 Å². The second kappa shape index (κ2) is 14.5. The van der Waals surface area contributed by atoms with E-state index in [0.29, 0.717) is 0 Å². The number of benzene rings is 2. The van der Waals surface area contributed by atoms with E-state index in [2.05, 4.69) is 64.1 Å². The van der Waals surface area contributed by atoms with Crippen molar-refractivity contribution in [1.29, 1.82) is 0 Å². The van der Waals surface area contributed by atoms with Crippen LogP contribution in [-0.2, 0) is 26.2 Å². The minimum Gasteiger partial charge on any atom is -1.00 e. The van der Waals surface area contributed by atoms with Crippen LogP contribution in [0, 0.1) is 27.7 Å². The van der Waals surface area contributed by atoms with Crippen LogP contribution >= 0.6 is 0 Å². The molecular formula is C28H30Cl2O2Zr. The van der Waals surface area contributed by atoms with E-state index in [1.54, 1.807) is 14.2 Å². The van der Waals surface area contributed by atoms with E-state index in [9.17, 15) is 0 Å². The maximum Gasteiger partial charge on any atom is 4.00 e. The fourth-order valence-electron chi connectivity index (χ4n) is 3.55. The Labute approximate surface area is 230 Å². The maximum atomic E-state index is 5.35. The Hall–Kier alpha value is -1.80. The Morgan fingerprint density at radius 1 is 0.515 bits per heavy atom. The van der Waals surface area contributed by atoms with Crippen LogP contribution in [0.15, 0.2) is 72.8 Å². The van der Waals surface area contributed by atoms with Gasteiger partial charge >= 0.3 is 26.2 Å². The van der Waals surface area contributed by atoms with Crippen LogP contribution < -0.4 is 34.3 Å². The molecule has 0 aliphatic carbocycles. The minimum absolute atomic E-state index is 0. The molecule has 0 fully saturated rings. The van der Waals surface area contributed by atoms with Crippen LogP contribution in [-0.4, -0.2) is 14.2 Å². The number of aryl methyl sites for hydroxylation is 4. The first kappa shape index (κ1) is 31.2. The first-order chi connectivity index (χ1) is 14.4. The van der Waals surface area contributed by atoms with Crippen molar-refractivity contribution in [2.75, 3.05) is 14.2 Å². The fourth-order valence-corrected chi connectivity index (χ4v) is 3.55. The zero-order valence-corrected chi connectivity index (χ0v) is 24.0. The molecule has 0 bridgehead atoms. The maximum absolute atomic E-state index is 5.35. The van der Waals surface area contributed by atoms with Gasteiger partial charge in [0.15, 0.2) is 0 Å². The van der Waals surface area contributed by atoms with Crippen molar-refractivity contribution in [3.05, 3.63) is 95.1 Å². The number of halogens is 2. The molecule has 4 aromatic carbocycles. The molecule has 0 N–H and O–H groups in total. The van der Waals surface area contributed by atoms with Gasteiger partial charge < -0.3 is 34.3 Å². The van der Waals surface area contributed by atoms with Crippen LogP contribution in [0.4, 0.5) is 0 Å². The van der Waals surface area contributed by atoms with Crippen LogP contribution in [0.3, 0.4) is 0 Å². The molecule has 0 heterocycles. The van der Waals surface area contributed by atoms with Gasteiger partial charge in [0.2, 0.25) is 0 Å². The first-order valence-electron chi connectivity index (χ1n) is 10.2. The van der Waals surface area contributed by atoms with E-state index in [4.69, 9.17) is 9.47 Å². The minimum atomic E-state index is 0. The molecule has 172 valence electrons. The summed E-state index contributed by atoms with van der Waals surface area (Å²) in [6.07, 6.45) is 0. The summed E-state index contributed by atoms with van der Waals surface area (Å²) in [5, 5.41) is 0. The van der Waals surface area contributed by atoms with Crippen molar-refractivity contribution in [1.82, 2.24) is 0 Å². The van der Waals surface area contributed by atoms with Gasteiger partial charge in [-0.15, -0.1) is 58.7 Å². The van der Waals surface area contributed by atoms with E-state index in [0.717, 1.165) is 22.6 Å². The van der Waals surface area contributed by atoms with Crippen molar-refractivity contribution >= 4 is 0 Å². The topological polar surface area (TPSA) is 18.5 Å². The van der Waals surface area contributed by atoms with Crippen LogP contribution in [0.5, 0.6) is 11.5 Å². The smallest absolute Gasteiger partial charge is 1.00 e. The summed E-state index contributed by atoms with van der Waals surface area (Å²) in [5.74, 6) is 1.87. The predicted molar refractivity (Wildman–Crippen MR) is 127 cm³/mol. The van der Waals surface area contributed by atoms with E-state index >= 15 is 0 Å². The number of hydrogen-bond acceptors (Lipinski definition) is 2. The molecule has 0 atom stereocenters. The van der Waals surface area contributed by atoms with E-state index in [1.807, 2.05) is 36.4 Å². The van der Waals surface area contributed by atoms with E-state index < -0.39 is 0 Å². The molecule has 0 saturated carbocycles. The summed E-state index contributed by atoms with van der Waals surface area (Å²) in [7, 11) is 3.42. The third kappa shape index (κ3) is 7.61. The molecule has 5 heteroatoms. The number of methoxy groups -OCH3 is 2. The summed E-state index contributed by atoms with van der Waals surface area (Å²) in [5.41, 5.74) is 10.1. The van der Waals surface area contributed by atoms with Gasteiger partial charge in [0.25, 0.3) is 0 Å². The molecule has 2 nitrogen and oxygen atoms in total. The molecule has 0 spiro atoms. The van der Waals surface area contributed by atoms with Crippen molar-refractivity contribution < 1.29 is 60.5 Å². The van der Waals surface area contributed by atoms with Crippen molar-refractivity contribution in [2.45, 2.75) is 27.7 Å². The second-order valence-electron chi connectivity index (χ2n) is 7.62. The molecule has 0 aliphatic heterocycles. The summed E-state index contributed by atoms with van der Waals surface area (Å²) in [6, 6.07) is 25.0. The molecule has 0 radical (unpaired) electrons. The summed E-state index contributed by atoms with van der Waals surface area (Å²) < 4.78 is 10.7. The molecular weight excluding hydrogens is 530 g/mol. The Morgan fingerprint density at radius 2 is 0.788 bits per heavy atom. The zero-order chi connectivity index (χ0) is 21.7.